The van der Waals surface area contributed by atoms with E-state index in [-0.39, 0.29) is 11.8 Å². The van der Waals surface area contributed by atoms with Crippen molar-refractivity contribution in [2.24, 2.45) is 0 Å². The van der Waals surface area contributed by atoms with Gasteiger partial charge < -0.3 is 14.2 Å². The average Bonchev–Trinajstić information content (AvgIpc) is 3.34. The minimum atomic E-state index is -0.123. The number of hydrogen-bond donors (Lipinski definition) is 0. The Hall–Kier alpha value is -2.93. The molecule has 0 spiro atoms. The van der Waals surface area contributed by atoms with Crippen molar-refractivity contribution in [2.45, 2.75) is 20.4 Å². The summed E-state index contributed by atoms with van der Waals surface area (Å²) in [5.74, 6) is 1.31. The maximum absolute atomic E-state index is 12.9. The van der Waals surface area contributed by atoms with Crippen LogP contribution in [0.4, 0.5) is 0 Å². The molecular weight excluding hydrogens is 374 g/mol. The SMILES string of the molecule is CCN(Cc1ccc(C(=O)N(C)C)cc1)C(=O)c1csc(-c2ccc(C)o2)n1. The van der Waals surface area contributed by atoms with Crippen molar-refractivity contribution in [3.05, 3.63) is 64.4 Å². The minimum Gasteiger partial charge on any atom is -0.459 e. The smallest absolute Gasteiger partial charge is 0.273 e. The number of aromatic nitrogens is 1. The summed E-state index contributed by atoms with van der Waals surface area (Å²) < 4.78 is 5.58. The van der Waals surface area contributed by atoms with Crippen LogP contribution in [0.15, 0.2) is 46.2 Å². The lowest BCUT2D eigenvalue weighted by atomic mass is 10.1. The number of amides is 2. The summed E-state index contributed by atoms with van der Waals surface area (Å²) in [6, 6.07) is 11.1. The van der Waals surface area contributed by atoms with E-state index < -0.39 is 0 Å². The second kappa shape index (κ2) is 8.39. The summed E-state index contributed by atoms with van der Waals surface area (Å²) in [6.07, 6.45) is 0. The molecule has 0 N–H and O–H groups in total. The molecule has 0 bridgehead atoms. The Balaban J connectivity index is 1.72. The number of aryl methyl sites for hydroxylation is 1. The molecule has 0 aliphatic rings. The number of furan rings is 1. The molecule has 3 aromatic rings. The van der Waals surface area contributed by atoms with Crippen LogP contribution in [-0.2, 0) is 6.54 Å². The number of carbonyl (C=O) groups is 2. The fourth-order valence-electron chi connectivity index (χ4n) is 2.76. The maximum Gasteiger partial charge on any atom is 0.273 e. The summed E-state index contributed by atoms with van der Waals surface area (Å²) in [4.78, 5) is 32.6. The highest BCUT2D eigenvalue weighted by molar-refractivity contribution is 7.13. The zero-order valence-corrected chi connectivity index (χ0v) is 17.2. The molecule has 0 atom stereocenters. The molecule has 7 heteroatoms. The van der Waals surface area contributed by atoms with Crippen LogP contribution in [0.5, 0.6) is 0 Å². The molecule has 6 nitrogen and oxygen atoms in total. The molecule has 0 radical (unpaired) electrons. The predicted molar refractivity (Wildman–Crippen MR) is 109 cm³/mol. The average molecular weight is 398 g/mol. The van der Waals surface area contributed by atoms with Crippen molar-refractivity contribution in [2.75, 3.05) is 20.6 Å². The van der Waals surface area contributed by atoms with Crippen LogP contribution in [0.1, 0.15) is 39.1 Å². The number of carbonyl (C=O) groups excluding carboxylic acids is 2. The first-order chi connectivity index (χ1) is 13.4. The molecule has 1 aromatic carbocycles. The summed E-state index contributed by atoms with van der Waals surface area (Å²) in [5.41, 5.74) is 2.00. The molecule has 28 heavy (non-hydrogen) atoms. The molecule has 0 unspecified atom stereocenters. The van der Waals surface area contributed by atoms with Gasteiger partial charge in [-0.05, 0) is 43.7 Å². The van der Waals surface area contributed by atoms with Gasteiger partial charge in [0.05, 0.1) is 0 Å². The first-order valence-corrected chi connectivity index (χ1v) is 9.89. The standard InChI is InChI=1S/C21H23N3O3S/c1-5-24(12-15-7-9-16(10-8-15)20(25)23(3)4)21(26)17-13-28-19(22-17)18-11-6-14(2)27-18/h6-11,13H,5,12H2,1-4H3. The van der Waals surface area contributed by atoms with Gasteiger partial charge >= 0.3 is 0 Å². The lowest BCUT2D eigenvalue weighted by Gasteiger charge is -2.20. The van der Waals surface area contributed by atoms with E-state index in [1.165, 1.54) is 16.2 Å². The summed E-state index contributed by atoms with van der Waals surface area (Å²) in [5, 5.41) is 2.45. The Morgan fingerprint density at radius 1 is 1.07 bits per heavy atom. The summed E-state index contributed by atoms with van der Waals surface area (Å²) >= 11 is 1.39. The van der Waals surface area contributed by atoms with Gasteiger partial charge in [-0.2, -0.15) is 0 Å². The van der Waals surface area contributed by atoms with E-state index in [4.69, 9.17) is 4.42 Å². The van der Waals surface area contributed by atoms with Gasteiger partial charge in [-0.25, -0.2) is 4.98 Å². The molecule has 146 valence electrons. The molecule has 0 aliphatic carbocycles. The highest BCUT2D eigenvalue weighted by atomic mass is 32.1. The summed E-state index contributed by atoms with van der Waals surface area (Å²) in [7, 11) is 3.44. The van der Waals surface area contributed by atoms with E-state index in [1.807, 2.05) is 38.1 Å². The molecular formula is C21H23N3O3S. The van der Waals surface area contributed by atoms with Crippen molar-refractivity contribution in [1.82, 2.24) is 14.8 Å². The van der Waals surface area contributed by atoms with E-state index in [0.29, 0.717) is 35.1 Å². The molecule has 3 rings (SSSR count). The summed E-state index contributed by atoms with van der Waals surface area (Å²) in [6.45, 7) is 4.83. The van der Waals surface area contributed by atoms with Gasteiger partial charge in [0, 0.05) is 38.1 Å². The van der Waals surface area contributed by atoms with Crippen LogP contribution in [0.2, 0.25) is 0 Å². The molecule has 0 fully saturated rings. The lowest BCUT2D eigenvalue weighted by Crippen LogP contribution is -2.30. The van der Waals surface area contributed by atoms with Crippen molar-refractivity contribution < 1.29 is 14.0 Å². The van der Waals surface area contributed by atoms with Gasteiger partial charge in [0.15, 0.2) is 10.8 Å². The third-order valence-electron chi connectivity index (χ3n) is 4.32. The van der Waals surface area contributed by atoms with Crippen LogP contribution in [0, 0.1) is 6.92 Å². The normalized spacial score (nSPS) is 10.7. The fraction of sp³-hybridized carbons (Fsp3) is 0.286. The van der Waals surface area contributed by atoms with Gasteiger partial charge in [0.1, 0.15) is 11.5 Å². The van der Waals surface area contributed by atoms with E-state index in [1.54, 1.807) is 36.5 Å². The predicted octanol–water partition coefficient (Wildman–Crippen LogP) is 4.08. The second-order valence-corrected chi connectivity index (χ2v) is 7.52. The zero-order chi connectivity index (χ0) is 20.3. The number of thiazole rings is 1. The van der Waals surface area contributed by atoms with Gasteiger partial charge in [0.2, 0.25) is 0 Å². The van der Waals surface area contributed by atoms with Crippen LogP contribution >= 0.6 is 11.3 Å². The molecule has 0 aliphatic heterocycles. The largest absolute Gasteiger partial charge is 0.459 e. The van der Waals surface area contributed by atoms with Crippen molar-refractivity contribution in [3.63, 3.8) is 0 Å². The van der Waals surface area contributed by atoms with E-state index >= 15 is 0 Å². The minimum absolute atomic E-state index is 0.0434. The third-order valence-corrected chi connectivity index (χ3v) is 5.18. The third kappa shape index (κ3) is 4.31. The van der Waals surface area contributed by atoms with Crippen LogP contribution in [-0.4, -0.2) is 47.2 Å². The van der Waals surface area contributed by atoms with E-state index in [2.05, 4.69) is 4.98 Å². The van der Waals surface area contributed by atoms with Gasteiger partial charge in [0.25, 0.3) is 11.8 Å². The molecule has 0 saturated heterocycles. The van der Waals surface area contributed by atoms with Crippen LogP contribution in [0.3, 0.4) is 0 Å². The second-order valence-electron chi connectivity index (χ2n) is 6.66. The quantitative estimate of drug-likeness (QED) is 0.629. The highest BCUT2D eigenvalue weighted by Crippen LogP contribution is 2.26. The number of nitrogens with zero attached hydrogens (tertiary/aromatic N) is 3. The number of hydrogen-bond acceptors (Lipinski definition) is 5. The molecule has 2 aromatic heterocycles. The Bertz CT molecular complexity index is 973. The first-order valence-electron chi connectivity index (χ1n) is 9.01. The van der Waals surface area contributed by atoms with Crippen molar-refractivity contribution in [3.8, 4) is 10.8 Å². The Kier molecular flexibility index (Phi) is 5.94. The van der Waals surface area contributed by atoms with E-state index in [0.717, 1.165) is 11.3 Å². The van der Waals surface area contributed by atoms with Crippen LogP contribution in [0.25, 0.3) is 10.8 Å². The fourth-order valence-corrected chi connectivity index (χ4v) is 3.51. The van der Waals surface area contributed by atoms with Gasteiger partial charge in [-0.3, -0.25) is 9.59 Å². The maximum atomic E-state index is 12.9. The Morgan fingerprint density at radius 3 is 2.36 bits per heavy atom. The molecule has 0 saturated carbocycles. The van der Waals surface area contributed by atoms with Crippen molar-refractivity contribution >= 4 is 23.2 Å². The zero-order valence-electron chi connectivity index (χ0n) is 16.4. The highest BCUT2D eigenvalue weighted by Gasteiger charge is 2.19. The molecule has 2 amide bonds. The number of benzene rings is 1. The van der Waals surface area contributed by atoms with Gasteiger partial charge in [-0.15, -0.1) is 11.3 Å². The van der Waals surface area contributed by atoms with E-state index in [9.17, 15) is 9.59 Å². The Morgan fingerprint density at radius 2 is 1.79 bits per heavy atom. The Labute approximate surface area is 168 Å². The first kappa shape index (κ1) is 19.8. The number of rotatable bonds is 6. The van der Waals surface area contributed by atoms with Crippen LogP contribution < -0.4 is 0 Å². The van der Waals surface area contributed by atoms with Gasteiger partial charge in [-0.1, -0.05) is 12.1 Å². The van der Waals surface area contributed by atoms with Crippen molar-refractivity contribution in [1.29, 1.82) is 0 Å². The molecule has 2 heterocycles. The lowest BCUT2D eigenvalue weighted by molar-refractivity contribution is 0.0746. The monoisotopic (exact) mass is 397 g/mol. The topological polar surface area (TPSA) is 66.7 Å².